The van der Waals surface area contributed by atoms with Gasteiger partial charge >= 0.3 is 0 Å². The van der Waals surface area contributed by atoms with E-state index in [2.05, 4.69) is 10.3 Å². The third kappa shape index (κ3) is 5.03. The number of allylic oxidation sites excluding steroid dienone is 1. The zero-order valence-corrected chi connectivity index (χ0v) is 14.1. The van der Waals surface area contributed by atoms with Crippen molar-refractivity contribution in [3.63, 3.8) is 0 Å². The number of hydroxylamine groups is 1. The number of pyridine rings is 1. The van der Waals surface area contributed by atoms with Crippen LogP contribution in [0.15, 0.2) is 48.8 Å². The number of nitrogens with zero attached hydrogens (tertiary/aromatic N) is 2. The molecular formula is C18H23N5O2. The lowest BCUT2D eigenvalue weighted by Crippen LogP contribution is -2.29. The molecule has 0 aliphatic heterocycles. The number of hydrogen-bond donors (Lipinski definition) is 4. The Labute approximate surface area is 147 Å². The molecule has 0 unspecified atom stereocenters. The first kappa shape index (κ1) is 18.4. The Morgan fingerprint density at radius 1 is 1.40 bits per heavy atom. The van der Waals surface area contributed by atoms with Gasteiger partial charge in [0.25, 0.3) is 0 Å². The maximum atomic E-state index is 10.2. The van der Waals surface area contributed by atoms with E-state index in [0.717, 1.165) is 17.0 Å². The maximum absolute atomic E-state index is 10.2. The van der Waals surface area contributed by atoms with Crippen LogP contribution in [0.3, 0.4) is 0 Å². The number of ether oxygens (including phenoxy) is 1. The van der Waals surface area contributed by atoms with Crippen LogP contribution >= 0.6 is 0 Å². The fourth-order valence-electron chi connectivity index (χ4n) is 2.33. The van der Waals surface area contributed by atoms with Gasteiger partial charge in [-0.15, -0.1) is 0 Å². The van der Waals surface area contributed by atoms with Crippen molar-refractivity contribution in [2.75, 3.05) is 25.3 Å². The third-order valence-electron chi connectivity index (χ3n) is 3.66. The summed E-state index contributed by atoms with van der Waals surface area (Å²) < 4.78 is 5.34. The van der Waals surface area contributed by atoms with Crippen molar-refractivity contribution in [1.29, 1.82) is 5.41 Å². The Hall–Kier alpha value is -2.90. The highest BCUT2D eigenvalue weighted by atomic mass is 16.5. The van der Waals surface area contributed by atoms with Crippen LogP contribution in [-0.2, 0) is 6.54 Å². The maximum Gasteiger partial charge on any atom is 0.128 e. The van der Waals surface area contributed by atoms with Gasteiger partial charge in [0.1, 0.15) is 5.75 Å². The van der Waals surface area contributed by atoms with Crippen molar-refractivity contribution in [2.24, 2.45) is 5.73 Å². The molecule has 1 aromatic carbocycles. The van der Waals surface area contributed by atoms with Crippen molar-refractivity contribution >= 4 is 17.5 Å². The molecule has 0 aliphatic carbocycles. The van der Waals surface area contributed by atoms with Crippen LogP contribution in [0.25, 0.3) is 5.57 Å². The monoisotopic (exact) mass is 341 g/mol. The molecule has 0 fully saturated rings. The average molecular weight is 341 g/mol. The molecule has 25 heavy (non-hydrogen) atoms. The van der Waals surface area contributed by atoms with Gasteiger partial charge in [-0.25, -0.2) is 0 Å². The standard InChI is InChI=1S/C18H23N5O2/c1-25-18-10-16(5-6-17(18)14(11-19)12-20)23(24)9-8-21-13-15-4-2-3-7-22-15/h2-7,10-12,19,21,24H,8-9,13,20H2,1H3/b14-12+,19-11?. The van der Waals surface area contributed by atoms with E-state index in [1.807, 2.05) is 18.2 Å². The Morgan fingerprint density at radius 2 is 2.24 bits per heavy atom. The van der Waals surface area contributed by atoms with Crippen molar-refractivity contribution in [1.82, 2.24) is 10.3 Å². The number of hydrogen-bond acceptors (Lipinski definition) is 7. The van der Waals surface area contributed by atoms with E-state index in [4.69, 9.17) is 15.9 Å². The highest BCUT2D eigenvalue weighted by Crippen LogP contribution is 2.29. The van der Waals surface area contributed by atoms with Crippen molar-refractivity contribution in [3.05, 3.63) is 60.1 Å². The molecule has 0 spiro atoms. The van der Waals surface area contributed by atoms with Gasteiger partial charge in [0.2, 0.25) is 0 Å². The first-order chi connectivity index (χ1) is 12.2. The minimum absolute atomic E-state index is 0.402. The first-order valence-corrected chi connectivity index (χ1v) is 7.87. The topological polar surface area (TPSA) is 107 Å². The molecule has 7 nitrogen and oxygen atoms in total. The number of anilines is 1. The fourth-order valence-corrected chi connectivity index (χ4v) is 2.33. The quantitative estimate of drug-likeness (QED) is 0.316. The van der Waals surface area contributed by atoms with Gasteiger partial charge in [0.05, 0.1) is 25.0 Å². The minimum Gasteiger partial charge on any atom is -0.496 e. The summed E-state index contributed by atoms with van der Waals surface area (Å²) in [7, 11) is 1.54. The molecule has 0 radical (unpaired) electrons. The minimum atomic E-state index is 0.402. The molecule has 1 heterocycles. The van der Waals surface area contributed by atoms with Gasteiger partial charge in [-0.1, -0.05) is 6.07 Å². The summed E-state index contributed by atoms with van der Waals surface area (Å²) >= 11 is 0. The van der Waals surface area contributed by atoms with E-state index in [-0.39, 0.29) is 0 Å². The van der Waals surface area contributed by atoms with E-state index in [9.17, 15) is 5.21 Å². The molecule has 0 atom stereocenters. The largest absolute Gasteiger partial charge is 0.496 e. The molecule has 0 bridgehead atoms. The Morgan fingerprint density at radius 3 is 2.88 bits per heavy atom. The number of rotatable bonds is 9. The molecule has 2 rings (SSSR count). The van der Waals surface area contributed by atoms with Gasteiger partial charge in [-0.05, 0) is 24.3 Å². The molecule has 132 valence electrons. The first-order valence-electron chi connectivity index (χ1n) is 7.87. The van der Waals surface area contributed by atoms with Crippen LogP contribution in [0.2, 0.25) is 0 Å². The third-order valence-corrected chi connectivity index (χ3v) is 3.66. The predicted octanol–water partition coefficient (Wildman–Crippen LogP) is 2.02. The summed E-state index contributed by atoms with van der Waals surface area (Å²) in [4.78, 5) is 4.23. The van der Waals surface area contributed by atoms with Gasteiger partial charge < -0.3 is 21.2 Å². The Bertz CT molecular complexity index is 719. The Kier molecular flexibility index (Phi) is 6.94. The molecule has 0 aliphatic rings. The smallest absolute Gasteiger partial charge is 0.128 e. The lowest BCUT2D eigenvalue weighted by atomic mass is 10.1. The van der Waals surface area contributed by atoms with E-state index in [1.165, 1.54) is 13.3 Å². The second-order valence-electron chi connectivity index (χ2n) is 5.27. The van der Waals surface area contributed by atoms with Crippen LogP contribution in [0.4, 0.5) is 5.69 Å². The lowest BCUT2D eigenvalue weighted by Gasteiger charge is -2.19. The number of nitrogens with one attached hydrogen (secondary N) is 2. The van der Waals surface area contributed by atoms with E-state index in [0.29, 0.717) is 42.2 Å². The number of methoxy groups -OCH3 is 1. The number of benzene rings is 1. The lowest BCUT2D eigenvalue weighted by molar-refractivity contribution is 0.253. The van der Waals surface area contributed by atoms with Crippen LogP contribution in [0.5, 0.6) is 5.75 Å². The van der Waals surface area contributed by atoms with Gasteiger partial charge in [0, 0.05) is 48.9 Å². The molecule has 0 amide bonds. The van der Waals surface area contributed by atoms with Crippen LogP contribution in [-0.4, -0.2) is 36.6 Å². The highest BCUT2D eigenvalue weighted by Gasteiger charge is 2.11. The van der Waals surface area contributed by atoms with Crippen LogP contribution in [0, 0.1) is 5.41 Å². The van der Waals surface area contributed by atoms with E-state index >= 15 is 0 Å². The summed E-state index contributed by atoms with van der Waals surface area (Å²) in [5.74, 6) is 0.540. The number of aromatic nitrogens is 1. The normalized spacial score (nSPS) is 11.2. The molecule has 0 saturated carbocycles. The highest BCUT2D eigenvalue weighted by molar-refractivity contribution is 6.09. The van der Waals surface area contributed by atoms with Gasteiger partial charge in [0.15, 0.2) is 0 Å². The fraction of sp³-hybridized carbons (Fsp3) is 0.222. The average Bonchev–Trinajstić information content (AvgIpc) is 2.67. The SMILES string of the molecule is COc1cc(N(O)CCNCc2ccccn2)ccc1/C(C=N)=C/N. The van der Waals surface area contributed by atoms with Crippen LogP contribution < -0.4 is 20.9 Å². The molecule has 2 aromatic rings. The van der Waals surface area contributed by atoms with Crippen molar-refractivity contribution in [2.45, 2.75) is 6.54 Å². The molecule has 5 N–H and O–H groups in total. The van der Waals surface area contributed by atoms with Crippen LogP contribution in [0.1, 0.15) is 11.3 Å². The van der Waals surface area contributed by atoms with E-state index < -0.39 is 0 Å². The molecular weight excluding hydrogens is 318 g/mol. The summed E-state index contributed by atoms with van der Waals surface area (Å²) in [6.45, 7) is 1.63. The number of nitrogens with two attached hydrogens (primary N) is 1. The van der Waals surface area contributed by atoms with Gasteiger partial charge in [-0.2, -0.15) is 0 Å². The zero-order valence-electron chi connectivity index (χ0n) is 14.1. The second kappa shape index (κ2) is 9.41. The summed E-state index contributed by atoms with van der Waals surface area (Å²) in [5, 5.41) is 22.0. The Balaban J connectivity index is 1.95. The zero-order chi connectivity index (χ0) is 18.1. The van der Waals surface area contributed by atoms with Crippen molar-refractivity contribution in [3.8, 4) is 5.75 Å². The molecule has 7 heteroatoms. The summed E-state index contributed by atoms with van der Waals surface area (Å²) in [5.41, 5.74) is 8.32. The molecule has 0 saturated heterocycles. The van der Waals surface area contributed by atoms with E-state index in [1.54, 1.807) is 24.4 Å². The van der Waals surface area contributed by atoms with Gasteiger partial charge in [-0.3, -0.25) is 15.3 Å². The predicted molar refractivity (Wildman–Crippen MR) is 99.0 cm³/mol. The summed E-state index contributed by atoms with van der Waals surface area (Å²) in [6, 6.07) is 11.0. The van der Waals surface area contributed by atoms with Crippen molar-refractivity contribution < 1.29 is 9.94 Å². The summed E-state index contributed by atoms with van der Waals surface area (Å²) in [6.07, 6.45) is 4.26. The molecule has 1 aromatic heterocycles. The second-order valence-corrected chi connectivity index (χ2v) is 5.27.